The highest BCUT2D eigenvalue weighted by molar-refractivity contribution is 6.35. The van der Waals surface area contributed by atoms with Gasteiger partial charge in [-0.1, -0.05) is 128 Å². The second-order valence-electron chi connectivity index (χ2n) is 15.1. The molecule has 6 nitrogen and oxygen atoms in total. The van der Waals surface area contributed by atoms with Gasteiger partial charge >= 0.3 is 0 Å². The van der Waals surface area contributed by atoms with E-state index >= 15 is 0 Å². The predicted octanol–water partition coefficient (Wildman–Crippen LogP) is 11.7. The van der Waals surface area contributed by atoms with E-state index in [0.717, 1.165) is 73.2 Å². The van der Waals surface area contributed by atoms with E-state index in [2.05, 4.69) is 38.1 Å². The minimum atomic E-state index is -0.328. The molecule has 0 atom stereocenters. The van der Waals surface area contributed by atoms with E-state index in [0.29, 0.717) is 40.0 Å². The maximum atomic E-state index is 14.0. The molecule has 0 radical (unpaired) electrons. The molecule has 6 heteroatoms. The van der Waals surface area contributed by atoms with Crippen molar-refractivity contribution in [2.75, 3.05) is 9.80 Å². The van der Waals surface area contributed by atoms with Crippen LogP contribution in [0.5, 0.6) is 0 Å². The van der Waals surface area contributed by atoms with Crippen molar-refractivity contribution >= 4 is 35.0 Å². The second kappa shape index (κ2) is 14.4. The number of amides is 4. The van der Waals surface area contributed by atoms with Crippen LogP contribution in [0.25, 0.3) is 44.5 Å². The van der Waals surface area contributed by atoms with Crippen LogP contribution in [0, 0.1) is 13.8 Å². The lowest BCUT2D eigenvalue weighted by atomic mass is 9.90. The van der Waals surface area contributed by atoms with Crippen LogP contribution in [-0.2, 0) is 12.8 Å². The first kappa shape index (κ1) is 36.5. The number of carbonyl (C=O) groups is 4. The number of benzene rings is 7. The van der Waals surface area contributed by atoms with Gasteiger partial charge in [0.2, 0.25) is 0 Å². The molecule has 0 N–H and O–H groups in total. The maximum absolute atomic E-state index is 14.0. The van der Waals surface area contributed by atoms with E-state index < -0.39 is 0 Å². The monoisotopic (exact) mass is 756 g/mol. The Labute approximate surface area is 338 Å². The van der Waals surface area contributed by atoms with Crippen molar-refractivity contribution in [1.29, 1.82) is 0 Å². The number of anilines is 2. The summed E-state index contributed by atoms with van der Waals surface area (Å²) >= 11 is 0. The summed E-state index contributed by atoms with van der Waals surface area (Å²) in [5, 5.41) is 0. The number of rotatable bonds is 8. The van der Waals surface area contributed by atoms with E-state index in [1.807, 2.05) is 123 Å². The molecule has 4 amide bonds. The van der Waals surface area contributed by atoms with E-state index in [1.165, 1.54) is 9.80 Å². The van der Waals surface area contributed by atoms with Crippen LogP contribution in [0.2, 0.25) is 0 Å². The number of fused-ring (bicyclic) bond motifs is 2. The van der Waals surface area contributed by atoms with Crippen LogP contribution < -0.4 is 9.80 Å². The second-order valence-corrected chi connectivity index (χ2v) is 15.1. The Hall–Kier alpha value is -7.18. The fourth-order valence-corrected chi connectivity index (χ4v) is 8.39. The lowest BCUT2D eigenvalue weighted by molar-refractivity contribution is 0.0910. The zero-order valence-electron chi connectivity index (χ0n) is 32.8. The van der Waals surface area contributed by atoms with Crippen LogP contribution in [0.3, 0.4) is 0 Å². The zero-order chi connectivity index (χ0) is 40.2. The molecule has 0 aromatic heterocycles. The van der Waals surface area contributed by atoms with Gasteiger partial charge in [-0.3, -0.25) is 19.2 Å². The highest BCUT2D eigenvalue weighted by Crippen LogP contribution is 2.39. The van der Waals surface area contributed by atoms with Crippen LogP contribution in [-0.4, -0.2) is 23.6 Å². The minimum Gasteiger partial charge on any atom is -0.268 e. The molecule has 58 heavy (non-hydrogen) atoms. The Balaban J connectivity index is 0.954. The highest BCUT2D eigenvalue weighted by Gasteiger charge is 2.39. The summed E-state index contributed by atoms with van der Waals surface area (Å²) in [6.07, 6.45) is 1.38. The summed E-state index contributed by atoms with van der Waals surface area (Å²) in [5.74, 6) is -1.26. The third kappa shape index (κ3) is 6.05. The van der Waals surface area contributed by atoms with Crippen molar-refractivity contribution in [2.45, 2.75) is 40.5 Å². The molecular formula is C52H40N2O4. The first-order valence-electron chi connectivity index (χ1n) is 19.7. The Morgan fingerprint density at radius 2 is 0.707 bits per heavy atom. The lowest BCUT2D eigenvalue weighted by Gasteiger charge is -2.22. The number of carbonyl (C=O) groups excluding carboxylic acids is 4. The molecule has 0 spiro atoms. The van der Waals surface area contributed by atoms with Crippen LogP contribution in [0.1, 0.15) is 77.5 Å². The smallest absolute Gasteiger partial charge is 0.266 e. The van der Waals surface area contributed by atoms with Crippen LogP contribution >= 0.6 is 0 Å². The molecule has 2 heterocycles. The molecule has 0 fully saturated rings. The number of imide groups is 2. The van der Waals surface area contributed by atoms with Gasteiger partial charge in [-0.05, 0) is 125 Å². The van der Waals surface area contributed by atoms with Crippen molar-refractivity contribution in [2.24, 2.45) is 0 Å². The summed E-state index contributed by atoms with van der Waals surface area (Å²) in [4.78, 5) is 57.4. The van der Waals surface area contributed by atoms with Crippen molar-refractivity contribution in [3.8, 4) is 44.5 Å². The van der Waals surface area contributed by atoms with E-state index in [4.69, 9.17) is 0 Å². The van der Waals surface area contributed by atoms with Gasteiger partial charge in [0.25, 0.3) is 23.6 Å². The van der Waals surface area contributed by atoms with Gasteiger partial charge in [0.05, 0.1) is 33.6 Å². The summed E-state index contributed by atoms with van der Waals surface area (Å²) in [5.41, 5.74) is 15.0. The molecule has 0 unspecified atom stereocenters. The molecule has 9 rings (SSSR count). The molecule has 0 bridgehead atoms. The highest BCUT2D eigenvalue weighted by atomic mass is 16.2. The van der Waals surface area contributed by atoms with Gasteiger partial charge in [-0.25, -0.2) is 9.80 Å². The molecule has 7 aromatic rings. The summed E-state index contributed by atoms with van der Waals surface area (Å²) < 4.78 is 0. The molecule has 0 saturated carbocycles. The van der Waals surface area contributed by atoms with Crippen molar-refractivity contribution in [1.82, 2.24) is 0 Å². The Morgan fingerprint density at radius 3 is 1.21 bits per heavy atom. The van der Waals surface area contributed by atoms with E-state index in [-0.39, 0.29) is 23.6 Å². The van der Waals surface area contributed by atoms with Crippen LogP contribution in [0.4, 0.5) is 11.4 Å². The van der Waals surface area contributed by atoms with Gasteiger partial charge in [0.1, 0.15) is 0 Å². The van der Waals surface area contributed by atoms with Gasteiger partial charge in [0.15, 0.2) is 0 Å². The average Bonchev–Trinajstić information content (AvgIpc) is 3.66. The number of nitrogens with zero attached hydrogens (tertiary/aromatic N) is 2. The van der Waals surface area contributed by atoms with E-state index in [1.54, 1.807) is 12.1 Å². The molecule has 2 aliphatic heterocycles. The third-order valence-electron chi connectivity index (χ3n) is 11.6. The Morgan fingerprint density at radius 1 is 0.345 bits per heavy atom. The first-order valence-corrected chi connectivity index (χ1v) is 19.7. The van der Waals surface area contributed by atoms with Gasteiger partial charge in [0, 0.05) is 0 Å². The van der Waals surface area contributed by atoms with Crippen LogP contribution in [0.15, 0.2) is 146 Å². The normalized spacial score (nSPS) is 13.4. The number of hydrogen-bond acceptors (Lipinski definition) is 4. The standard InChI is InChI=1S/C52H40N2O4/c1-5-41-42(6-2)48(54-50(56)45-26-22-39(30-47(45)52(54)58)36-13-9-32(4)10-14-36)28-27-43(41)37-17-15-33(16-18-37)34-19-23-40(24-20-34)53-49(55)44-25-21-38(29-46(44)51(53)57)35-11-7-31(3)8-12-35/h7-30H,5-6H2,1-4H3. The van der Waals surface area contributed by atoms with Gasteiger partial charge in [-0.15, -0.1) is 0 Å². The zero-order valence-corrected chi connectivity index (χ0v) is 32.8. The van der Waals surface area contributed by atoms with E-state index in [9.17, 15) is 19.2 Å². The third-order valence-corrected chi connectivity index (χ3v) is 11.6. The SMILES string of the molecule is CCc1c(-c2ccc(-c3ccc(N4C(=O)c5ccc(-c6ccc(C)cc6)cc5C4=O)cc3)cc2)ccc(N2C(=O)c3ccc(-c4ccc(C)cc4)cc3C2=O)c1CC. The fraction of sp³-hybridized carbons (Fsp3) is 0.115. The lowest BCUT2D eigenvalue weighted by Crippen LogP contribution is -2.30. The largest absolute Gasteiger partial charge is 0.268 e. The van der Waals surface area contributed by atoms with Crippen molar-refractivity contribution < 1.29 is 19.2 Å². The van der Waals surface area contributed by atoms with Crippen molar-refractivity contribution in [3.05, 3.63) is 190 Å². The maximum Gasteiger partial charge on any atom is 0.266 e. The Kier molecular flexibility index (Phi) is 9.05. The number of hydrogen-bond donors (Lipinski definition) is 0. The topological polar surface area (TPSA) is 74.8 Å². The molecule has 2 aliphatic rings. The summed E-state index contributed by atoms with van der Waals surface area (Å²) in [6, 6.07) is 46.9. The average molecular weight is 757 g/mol. The summed E-state index contributed by atoms with van der Waals surface area (Å²) in [7, 11) is 0. The van der Waals surface area contributed by atoms with Crippen molar-refractivity contribution in [3.63, 3.8) is 0 Å². The molecule has 0 aliphatic carbocycles. The molecule has 282 valence electrons. The van der Waals surface area contributed by atoms with Gasteiger partial charge < -0.3 is 0 Å². The molecule has 7 aromatic carbocycles. The Bertz CT molecular complexity index is 2820. The minimum absolute atomic E-state index is 0.300. The first-order chi connectivity index (χ1) is 28.1. The quantitative estimate of drug-likeness (QED) is 0.145. The number of aryl methyl sites for hydroxylation is 2. The summed E-state index contributed by atoms with van der Waals surface area (Å²) in [6.45, 7) is 8.23. The van der Waals surface area contributed by atoms with Gasteiger partial charge in [-0.2, -0.15) is 0 Å². The fourth-order valence-electron chi connectivity index (χ4n) is 8.39. The predicted molar refractivity (Wildman–Crippen MR) is 232 cm³/mol. The molecular weight excluding hydrogens is 717 g/mol. The molecule has 0 saturated heterocycles.